The van der Waals surface area contributed by atoms with E-state index in [-0.39, 0.29) is 0 Å². The summed E-state index contributed by atoms with van der Waals surface area (Å²) >= 11 is 0. The van der Waals surface area contributed by atoms with E-state index in [1.165, 1.54) is 64.5 Å². The van der Waals surface area contributed by atoms with Gasteiger partial charge >= 0.3 is 0 Å². The smallest absolute Gasteiger partial charge is 0.103 e. The second-order valence-corrected chi connectivity index (χ2v) is 6.55. The molecule has 0 spiro atoms. The molecule has 1 unspecified atom stereocenters. The van der Waals surface area contributed by atoms with Crippen LogP contribution >= 0.6 is 0 Å². The molecule has 0 N–H and O–H groups in total. The van der Waals surface area contributed by atoms with Crippen LogP contribution in [-0.4, -0.2) is 29.1 Å². The Morgan fingerprint density at radius 2 is 1.20 bits per heavy atom. The molecule has 20 heavy (non-hydrogen) atoms. The predicted octanol–water partition coefficient (Wildman–Crippen LogP) is 5.22. The van der Waals surface area contributed by atoms with Gasteiger partial charge in [0.05, 0.1) is 0 Å². The fourth-order valence-corrected chi connectivity index (χ4v) is 3.16. The van der Waals surface area contributed by atoms with E-state index in [1.54, 1.807) is 0 Å². The van der Waals surface area contributed by atoms with Crippen molar-refractivity contribution in [3.05, 3.63) is 12.4 Å². The van der Waals surface area contributed by atoms with Gasteiger partial charge in [0, 0.05) is 25.5 Å². The van der Waals surface area contributed by atoms with Gasteiger partial charge in [-0.2, -0.15) is 0 Å². The van der Waals surface area contributed by atoms with Crippen LogP contribution in [0.1, 0.15) is 79.1 Å². The largest absolute Gasteiger partial charge is 0.356 e. The molecule has 118 valence electrons. The Hall–Kier alpha value is -0.660. The molecule has 1 aliphatic heterocycles. The van der Waals surface area contributed by atoms with Crippen molar-refractivity contribution >= 4 is 0 Å². The summed E-state index contributed by atoms with van der Waals surface area (Å²) in [5, 5.41) is 0. The SMILES string of the molecule is CCCCCCCN1C=CN(CCCCC)C1C(C)C. The van der Waals surface area contributed by atoms with Crippen molar-refractivity contribution in [2.75, 3.05) is 13.1 Å². The average molecular weight is 280 g/mol. The molecule has 2 nitrogen and oxygen atoms in total. The van der Waals surface area contributed by atoms with E-state index in [0.717, 1.165) is 0 Å². The summed E-state index contributed by atoms with van der Waals surface area (Å²) in [6.07, 6.45) is 16.1. The molecule has 0 aromatic heterocycles. The molecular formula is C18H36N2. The Balaban J connectivity index is 2.33. The zero-order chi connectivity index (χ0) is 14.8. The first-order chi connectivity index (χ1) is 9.70. The third kappa shape index (κ3) is 5.76. The van der Waals surface area contributed by atoms with Crippen molar-refractivity contribution in [1.82, 2.24) is 9.80 Å². The summed E-state index contributed by atoms with van der Waals surface area (Å²) in [4.78, 5) is 5.13. The van der Waals surface area contributed by atoms with E-state index in [0.29, 0.717) is 12.1 Å². The highest BCUT2D eigenvalue weighted by atomic mass is 15.4. The van der Waals surface area contributed by atoms with Crippen LogP contribution in [0.15, 0.2) is 12.4 Å². The molecule has 1 heterocycles. The van der Waals surface area contributed by atoms with Gasteiger partial charge in [0.25, 0.3) is 0 Å². The first-order valence-electron chi connectivity index (χ1n) is 8.90. The maximum atomic E-state index is 2.57. The van der Waals surface area contributed by atoms with E-state index in [4.69, 9.17) is 0 Å². The van der Waals surface area contributed by atoms with Gasteiger partial charge in [-0.05, 0) is 18.8 Å². The molecule has 1 aliphatic rings. The number of hydrogen-bond donors (Lipinski definition) is 0. The lowest BCUT2D eigenvalue weighted by Gasteiger charge is -2.36. The standard InChI is InChI=1S/C18H36N2/c1-5-7-9-10-12-14-20-16-15-19(13-11-8-6-2)18(20)17(3)4/h15-18H,5-14H2,1-4H3. The van der Waals surface area contributed by atoms with Gasteiger partial charge in [-0.25, -0.2) is 0 Å². The van der Waals surface area contributed by atoms with Gasteiger partial charge < -0.3 is 9.80 Å². The van der Waals surface area contributed by atoms with Gasteiger partial charge in [0.15, 0.2) is 0 Å². The topological polar surface area (TPSA) is 6.48 Å². The zero-order valence-corrected chi connectivity index (χ0v) is 14.3. The maximum Gasteiger partial charge on any atom is 0.103 e. The number of hydrogen-bond acceptors (Lipinski definition) is 2. The minimum Gasteiger partial charge on any atom is -0.356 e. The van der Waals surface area contributed by atoms with Crippen LogP contribution in [0.25, 0.3) is 0 Å². The fraction of sp³-hybridized carbons (Fsp3) is 0.889. The van der Waals surface area contributed by atoms with E-state index in [2.05, 4.69) is 49.9 Å². The minimum atomic E-state index is 0.595. The molecule has 0 aromatic carbocycles. The average Bonchev–Trinajstić information content (AvgIpc) is 2.82. The van der Waals surface area contributed by atoms with Crippen molar-refractivity contribution in [2.45, 2.75) is 85.2 Å². The number of rotatable bonds is 11. The Morgan fingerprint density at radius 3 is 1.70 bits per heavy atom. The molecule has 0 aliphatic carbocycles. The monoisotopic (exact) mass is 280 g/mol. The van der Waals surface area contributed by atoms with Crippen molar-refractivity contribution in [2.24, 2.45) is 5.92 Å². The third-order valence-electron chi connectivity index (χ3n) is 4.27. The van der Waals surface area contributed by atoms with Crippen molar-refractivity contribution in [3.63, 3.8) is 0 Å². The molecule has 1 atom stereocenters. The van der Waals surface area contributed by atoms with Crippen LogP contribution in [0.3, 0.4) is 0 Å². The van der Waals surface area contributed by atoms with Gasteiger partial charge in [0.2, 0.25) is 0 Å². The quantitative estimate of drug-likeness (QED) is 0.479. The number of unbranched alkanes of at least 4 members (excludes halogenated alkanes) is 6. The highest BCUT2D eigenvalue weighted by molar-refractivity contribution is 4.98. The van der Waals surface area contributed by atoms with E-state index in [1.807, 2.05) is 0 Å². The molecule has 0 amide bonds. The Kier molecular flexibility index (Phi) is 8.80. The van der Waals surface area contributed by atoms with Crippen molar-refractivity contribution < 1.29 is 0 Å². The van der Waals surface area contributed by atoms with Crippen molar-refractivity contribution in [3.8, 4) is 0 Å². The predicted molar refractivity (Wildman–Crippen MR) is 89.5 cm³/mol. The molecule has 0 saturated carbocycles. The molecule has 0 saturated heterocycles. The molecule has 0 radical (unpaired) electrons. The Bertz CT molecular complexity index is 260. The lowest BCUT2D eigenvalue weighted by Crippen LogP contribution is -2.43. The first-order valence-corrected chi connectivity index (χ1v) is 8.90. The molecule has 0 aromatic rings. The van der Waals surface area contributed by atoms with Crippen LogP contribution in [0, 0.1) is 5.92 Å². The molecule has 0 bridgehead atoms. The highest BCUT2D eigenvalue weighted by Gasteiger charge is 2.27. The molecule has 0 fully saturated rings. The summed E-state index contributed by atoms with van der Waals surface area (Å²) in [5.41, 5.74) is 0. The van der Waals surface area contributed by atoms with Gasteiger partial charge in [-0.3, -0.25) is 0 Å². The summed E-state index contributed by atoms with van der Waals surface area (Å²) in [5.74, 6) is 0.697. The summed E-state index contributed by atoms with van der Waals surface area (Å²) < 4.78 is 0. The van der Waals surface area contributed by atoms with Crippen LogP contribution in [0.2, 0.25) is 0 Å². The lowest BCUT2D eigenvalue weighted by molar-refractivity contribution is 0.104. The normalized spacial score (nSPS) is 18.6. The van der Waals surface area contributed by atoms with E-state index >= 15 is 0 Å². The van der Waals surface area contributed by atoms with E-state index in [9.17, 15) is 0 Å². The van der Waals surface area contributed by atoms with Gasteiger partial charge in [-0.1, -0.05) is 66.2 Å². The van der Waals surface area contributed by atoms with E-state index < -0.39 is 0 Å². The Morgan fingerprint density at radius 1 is 0.750 bits per heavy atom. The van der Waals surface area contributed by atoms with Crippen molar-refractivity contribution in [1.29, 1.82) is 0 Å². The van der Waals surface area contributed by atoms with Crippen LogP contribution in [0.4, 0.5) is 0 Å². The fourth-order valence-electron chi connectivity index (χ4n) is 3.16. The Labute approximate surface area is 127 Å². The maximum absolute atomic E-state index is 2.57. The minimum absolute atomic E-state index is 0.595. The summed E-state index contributed by atoms with van der Waals surface area (Å²) in [6, 6.07) is 0. The van der Waals surface area contributed by atoms with Gasteiger partial charge in [-0.15, -0.1) is 0 Å². The molecule has 1 rings (SSSR count). The lowest BCUT2D eigenvalue weighted by atomic mass is 10.1. The second-order valence-electron chi connectivity index (χ2n) is 6.55. The first kappa shape index (κ1) is 17.4. The van der Waals surface area contributed by atoms with Gasteiger partial charge in [0.1, 0.15) is 6.17 Å². The zero-order valence-electron chi connectivity index (χ0n) is 14.3. The van der Waals surface area contributed by atoms with Crippen LogP contribution in [-0.2, 0) is 0 Å². The number of nitrogens with zero attached hydrogens (tertiary/aromatic N) is 2. The highest BCUT2D eigenvalue weighted by Crippen LogP contribution is 2.24. The second kappa shape index (κ2) is 10.1. The van der Waals surface area contributed by atoms with Crippen LogP contribution < -0.4 is 0 Å². The molecule has 2 heteroatoms. The summed E-state index contributed by atoms with van der Waals surface area (Å²) in [7, 11) is 0. The summed E-state index contributed by atoms with van der Waals surface area (Å²) in [6.45, 7) is 11.7. The molecular weight excluding hydrogens is 244 g/mol. The van der Waals surface area contributed by atoms with Crippen LogP contribution in [0.5, 0.6) is 0 Å². The third-order valence-corrected chi connectivity index (χ3v) is 4.27.